The lowest BCUT2D eigenvalue weighted by Gasteiger charge is -2.07. The summed E-state index contributed by atoms with van der Waals surface area (Å²) in [6.45, 7) is 2.67. The van der Waals surface area contributed by atoms with Gasteiger partial charge in [0.2, 0.25) is 0 Å². The lowest BCUT2D eigenvalue weighted by atomic mass is 10.1. The molecule has 2 aromatic carbocycles. The number of aryl methyl sites for hydroxylation is 1. The third-order valence-electron chi connectivity index (χ3n) is 3.72. The fourth-order valence-corrected chi connectivity index (χ4v) is 2.44. The second-order valence-electron chi connectivity index (χ2n) is 5.10. The van der Waals surface area contributed by atoms with E-state index in [1.807, 2.05) is 30.5 Å². The average Bonchev–Trinajstić information content (AvgIpc) is 3.01. The third-order valence-corrected chi connectivity index (χ3v) is 3.72. The van der Waals surface area contributed by atoms with Crippen molar-refractivity contribution >= 4 is 16.8 Å². The van der Waals surface area contributed by atoms with Gasteiger partial charge in [-0.1, -0.05) is 43.3 Å². The van der Waals surface area contributed by atoms with Crippen molar-refractivity contribution in [2.45, 2.75) is 19.9 Å². The highest BCUT2D eigenvalue weighted by Gasteiger charge is 2.10. The molecule has 0 aliphatic rings. The summed E-state index contributed by atoms with van der Waals surface area (Å²) >= 11 is 0. The highest BCUT2D eigenvalue weighted by atomic mass is 16.1. The molecule has 21 heavy (non-hydrogen) atoms. The smallest absolute Gasteiger partial charge is 0.253 e. The van der Waals surface area contributed by atoms with Gasteiger partial charge in [-0.25, -0.2) is 0 Å². The maximum Gasteiger partial charge on any atom is 0.253 e. The first kappa shape index (κ1) is 13.4. The summed E-state index contributed by atoms with van der Waals surface area (Å²) in [5.41, 5.74) is 3.99. The van der Waals surface area contributed by atoms with Gasteiger partial charge in [0.25, 0.3) is 5.91 Å². The molecule has 3 heteroatoms. The number of aromatic nitrogens is 1. The van der Waals surface area contributed by atoms with Crippen molar-refractivity contribution in [3.8, 4) is 0 Å². The molecule has 0 bridgehead atoms. The van der Waals surface area contributed by atoms with E-state index in [-0.39, 0.29) is 5.91 Å². The van der Waals surface area contributed by atoms with Gasteiger partial charge in [0.05, 0.1) is 11.1 Å². The Labute approximate surface area is 124 Å². The van der Waals surface area contributed by atoms with Crippen LogP contribution in [0.15, 0.2) is 54.7 Å². The van der Waals surface area contributed by atoms with Gasteiger partial charge in [-0.2, -0.15) is 0 Å². The average molecular weight is 278 g/mol. The first-order valence-electron chi connectivity index (χ1n) is 7.20. The van der Waals surface area contributed by atoms with Gasteiger partial charge in [0, 0.05) is 18.1 Å². The number of amides is 1. The number of carbonyl (C=O) groups is 1. The van der Waals surface area contributed by atoms with Gasteiger partial charge >= 0.3 is 0 Å². The lowest BCUT2D eigenvalue weighted by molar-refractivity contribution is 0.0952. The van der Waals surface area contributed by atoms with Crippen molar-refractivity contribution in [1.29, 1.82) is 0 Å². The zero-order chi connectivity index (χ0) is 14.7. The van der Waals surface area contributed by atoms with E-state index in [4.69, 9.17) is 0 Å². The van der Waals surface area contributed by atoms with Gasteiger partial charge in [-0.15, -0.1) is 0 Å². The van der Waals surface area contributed by atoms with Crippen LogP contribution in [0.1, 0.15) is 28.4 Å². The highest BCUT2D eigenvalue weighted by Crippen LogP contribution is 2.16. The van der Waals surface area contributed by atoms with Gasteiger partial charge in [0.1, 0.15) is 0 Å². The minimum absolute atomic E-state index is 0.0531. The van der Waals surface area contributed by atoms with E-state index in [0.717, 1.165) is 22.9 Å². The summed E-state index contributed by atoms with van der Waals surface area (Å²) in [6, 6.07) is 16.0. The van der Waals surface area contributed by atoms with Crippen LogP contribution in [0.2, 0.25) is 0 Å². The Morgan fingerprint density at radius 1 is 1.05 bits per heavy atom. The molecule has 0 atom stereocenters. The number of hydrogen-bond acceptors (Lipinski definition) is 1. The molecule has 3 aromatic rings. The van der Waals surface area contributed by atoms with Gasteiger partial charge in [-0.05, 0) is 29.7 Å². The predicted octanol–water partition coefficient (Wildman–Crippen LogP) is 3.66. The number of para-hydroxylation sites is 1. The van der Waals surface area contributed by atoms with Crippen molar-refractivity contribution in [1.82, 2.24) is 10.3 Å². The summed E-state index contributed by atoms with van der Waals surface area (Å²) in [5.74, 6) is -0.0531. The number of H-pyrrole nitrogens is 1. The number of hydrogen-bond donors (Lipinski definition) is 2. The SMILES string of the molecule is CCc1ccc(CNC(=O)c2cccc3cc[nH]c23)cc1. The molecule has 0 radical (unpaired) electrons. The third kappa shape index (κ3) is 2.82. The molecule has 106 valence electrons. The topological polar surface area (TPSA) is 44.9 Å². The van der Waals surface area contributed by atoms with Crippen LogP contribution in [-0.2, 0) is 13.0 Å². The van der Waals surface area contributed by atoms with E-state index >= 15 is 0 Å². The molecule has 2 N–H and O–H groups in total. The largest absolute Gasteiger partial charge is 0.361 e. The Morgan fingerprint density at radius 3 is 2.57 bits per heavy atom. The molecule has 1 heterocycles. The van der Waals surface area contributed by atoms with Crippen molar-refractivity contribution in [3.05, 3.63) is 71.4 Å². The second-order valence-corrected chi connectivity index (χ2v) is 5.10. The Kier molecular flexibility index (Phi) is 3.73. The normalized spacial score (nSPS) is 10.7. The summed E-state index contributed by atoms with van der Waals surface area (Å²) in [6.07, 6.45) is 2.88. The Morgan fingerprint density at radius 2 is 1.81 bits per heavy atom. The summed E-state index contributed by atoms with van der Waals surface area (Å²) < 4.78 is 0. The summed E-state index contributed by atoms with van der Waals surface area (Å²) in [5, 5.41) is 4.03. The highest BCUT2D eigenvalue weighted by molar-refractivity contribution is 6.05. The van der Waals surface area contributed by atoms with Crippen molar-refractivity contribution in [2.75, 3.05) is 0 Å². The van der Waals surface area contributed by atoms with E-state index in [1.165, 1.54) is 5.56 Å². The van der Waals surface area contributed by atoms with Gasteiger partial charge < -0.3 is 10.3 Å². The van der Waals surface area contributed by atoms with Crippen LogP contribution >= 0.6 is 0 Å². The first-order valence-corrected chi connectivity index (χ1v) is 7.20. The summed E-state index contributed by atoms with van der Waals surface area (Å²) in [4.78, 5) is 15.4. The van der Waals surface area contributed by atoms with E-state index in [1.54, 1.807) is 0 Å². The molecular weight excluding hydrogens is 260 g/mol. The molecule has 0 fully saturated rings. The number of carbonyl (C=O) groups excluding carboxylic acids is 1. The minimum Gasteiger partial charge on any atom is -0.361 e. The number of aromatic amines is 1. The van der Waals surface area contributed by atoms with Crippen LogP contribution in [0.4, 0.5) is 0 Å². The second kappa shape index (κ2) is 5.83. The van der Waals surface area contributed by atoms with Crippen LogP contribution in [0.3, 0.4) is 0 Å². The van der Waals surface area contributed by atoms with E-state index in [9.17, 15) is 4.79 Å². The molecule has 0 spiro atoms. The van der Waals surface area contributed by atoms with Crippen LogP contribution in [-0.4, -0.2) is 10.9 Å². The van der Waals surface area contributed by atoms with Crippen LogP contribution in [0.25, 0.3) is 10.9 Å². The molecule has 0 aliphatic carbocycles. The van der Waals surface area contributed by atoms with Crippen LogP contribution in [0, 0.1) is 0 Å². The molecule has 0 aliphatic heterocycles. The summed E-state index contributed by atoms with van der Waals surface area (Å²) in [7, 11) is 0. The van der Waals surface area contributed by atoms with Crippen LogP contribution in [0.5, 0.6) is 0 Å². The molecule has 0 saturated carbocycles. The molecule has 0 saturated heterocycles. The predicted molar refractivity (Wildman–Crippen MR) is 85.3 cm³/mol. The zero-order valence-corrected chi connectivity index (χ0v) is 12.0. The van der Waals surface area contributed by atoms with E-state index < -0.39 is 0 Å². The lowest BCUT2D eigenvalue weighted by Crippen LogP contribution is -2.23. The quantitative estimate of drug-likeness (QED) is 0.751. The molecule has 0 unspecified atom stereocenters. The number of benzene rings is 2. The molecule has 1 amide bonds. The van der Waals surface area contributed by atoms with E-state index in [2.05, 4.69) is 41.5 Å². The molecular formula is C18H18N2O. The number of nitrogens with one attached hydrogen (secondary N) is 2. The van der Waals surface area contributed by atoms with E-state index in [0.29, 0.717) is 12.1 Å². The molecule has 3 rings (SSSR count). The zero-order valence-electron chi connectivity index (χ0n) is 12.0. The van der Waals surface area contributed by atoms with Gasteiger partial charge in [0.15, 0.2) is 0 Å². The van der Waals surface area contributed by atoms with Crippen molar-refractivity contribution < 1.29 is 4.79 Å². The Hall–Kier alpha value is -2.55. The van der Waals surface area contributed by atoms with Crippen molar-refractivity contribution in [3.63, 3.8) is 0 Å². The minimum atomic E-state index is -0.0531. The van der Waals surface area contributed by atoms with Gasteiger partial charge in [-0.3, -0.25) is 4.79 Å². The maximum absolute atomic E-state index is 12.3. The Balaban J connectivity index is 1.72. The number of fused-ring (bicyclic) bond motifs is 1. The van der Waals surface area contributed by atoms with Crippen LogP contribution < -0.4 is 5.32 Å². The molecule has 3 nitrogen and oxygen atoms in total. The monoisotopic (exact) mass is 278 g/mol. The first-order chi connectivity index (χ1) is 10.3. The maximum atomic E-state index is 12.3. The fraction of sp³-hybridized carbons (Fsp3) is 0.167. The standard InChI is InChI=1S/C18H18N2O/c1-2-13-6-8-14(9-7-13)12-20-18(21)16-5-3-4-15-10-11-19-17(15)16/h3-11,19H,2,12H2,1H3,(H,20,21). The Bertz CT molecular complexity index is 756. The molecule has 1 aromatic heterocycles. The van der Waals surface area contributed by atoms with Crippen molar-refractivity contribution in [2.24, 2.45) is 0 Å². The number of rotatable bonds is 4. The fourth-order valence-electron chi connectivity index (χ4n) is 2.44.